The molecule has 0 spiro atoms. The average molecular weight is 265 g/mol. The van der Waals surface area contributed by atoms with Crippen molar-refractivity contribution in [3.8, 4) is 0 Å². The molecule has 0 aliphatic heterocycles. The molecule has 0 amide bonds. The molecule has 4 aliphatic rings. The molecule has 2 N–H and O–H groups in total. The molecule has 3 heteroatoms. The van der Waals surface area contributed by atoms with Crippen molar-refractivity contribution < 1.29 is 9.84 Å². The van der Waals surface area contributed by atoms with Gasteiger partial charge in [0.2, 0.25) is 0 Å². The van der Waals surface area contributed by atoms with Gasteiger partial charge in [0.05, 0.1) is 19.3 Å². The van der Waals surface area contributed by atoms with Gasteiger partial charge in [-0.05, 0) is 48.5 Å². The predicted octanol–water partition coefficient (Wildman–Crippen LogP) is 2.11. The molecule has 4 aliphatic carbocycles. The zero-order valence-electron chi connectivity index (χ0n) is 12.2. The maximum atomic E-state index is 9.83. The van der Waals surface area contributed by atoms with Crippen molar-refractivity contribution in [2.75, 3.05) is 19.8 Å². The first kappa shape index (κ1) is 13.6. The van der Waals surface area contributed by atoms with E-state index in [1.807, 2.05) is 0 Å². The van der Waals surface area contributed by atoms with Crippen LogP contribution >= 0.6 is 0 Å². The molecule has 3 nitrogen and oxygen atoms in total. The molecule has 19 heavy (non-hydrogen) atoms. The highest BCUT2D eigenvalue weighted by Gasteiger charge is 2.50. The maximum absolute atomic E-state index is 9.83. The van der Waals surface area contributed by atoms with E-state index in [1.54, 1.807) is 0 Å². The molecule has 0 radical (unpaired) electrons. The molecule has 0 aromatic rings. The van der Waals surface area contributed by atoms with Crippen molar-refractivity contribution in [3.05, 3.63) is 11.6 Å². The van der Waals surface area contributed by atoms with Gasteiger partial charge in [0.1, 0.15) is 0 Å². The molecule has 0 saturated heterocycles. The van der Waals surface area contributed by atoms with Crippen molar-refractivity contribution in [2.24, 2.45) is 17.3 Å². The number of fused-ring (bicyclic) bond motifs is 1. The van der Waals surface area contributed by atoms with Crippen LogP contribution < -0.4 is 5.32 Å². The van der Waals surface area contributed by atoms with Crippen LogP contribution in [0.1, 0.15) is 39.5 Å². The SMILES string of the molecule is CC1(C)[C@H]2CC=C(COC[C@@H](O)CNC3CC3)[C@@H]1C2. The minimum atomic E-state index is -0.369. The molecule has 2 fully saturated rings. The van der Waals surface area contributed by atoms with Crippen LogP contribution in [0.3, 0.4) is 0 Å². The number of aliphatic hydroxyl groups is 1. The molecule has 2 saturated carbocycles. The third kappa shape index (κ3) is 2.88. The van der Waals surface area contributed by atoms with E-state index in [2.05, 4.69) is 25.2 Å². The van der Waals surface area contributed by atoms with Crippen LogP contribution in [0.15, 0.2) is 11.6 Å². The Morgan fingerprint density at radius 2 is 2.26 bits per heavy atom. The minimum Gasteiger partial charge on any atom is -0.389 e. The molecular weight excluding hydrogens is 238 g/mol. The van der Waals surface area contributed by atoms with Crippen molar-refractivity contribution in [1.29, 1.82) is 0 Å². The Labute approximate surface area is 116 Å². The van der Waals surface area contributed by atoms with Gasteiger partial charge in [-0.2, -0.15) is 0 Å². The number of aliphatic hydroxyl groups excluding tert-OH is 1. The Morgan fingerprint density at radius 3 is 2.89 bits per heavy atom. The lowest BCUT2D eigenvalue weighted by atomic mass is 9.49. The minimum absolute atomic E-state index is 0.369. The molecular formula is C16H27NO2. The zero-order valence-corrected chi connectivity index (χ0v) is 12.2. The van der Waals surface area contributed by atoms with Gasteiger partial charge in [-0.15, -0.1) is 0 Å². The number of hydrogen-bond donors (Lipinski definition) is 2. The molecule has 0 unspecified atom stereocenters. The maximum Gasteiger partial charge on any atom is 0.0897 e. The Balaban J connectivity index is 1.36. The highest BCUT2D eigenvalue weighted by atomic mass is 16.5. The van der Waals surface area contributed by atoms with Gasteiger partial charge in [-0.3, -0.25) is 0 Å². The molecule has 0 aromatic carbocycles. The molecule has 108 valence electrons. The van der Waals surface area contributed by atoms with Gasteiger partial charge in [-0.1, -0.05) is 19.9 Å². The smallest absolute Gasteiger partial charge is 0.0897 e. The van der Waals surface area contributed by atoms with E-state index < -0.39 is 0 Å². The van der Waals surface area contributed by atoms with Crippen molar-refractivity contribution in [3.63, 3.8) is 0 Å². The van der Waals surface area contributed by atoms with E-state index in [9.17, 15) is 5.11 Å². The normalized spacial score (nSPS) is 33.5. The number of hydrogen-bond acceptors (Lipinski definition) is 3. The summed E-state index contributed by atoms with van der Waals surface area (Å²) in [5.74, 6) is 1.60. The van der Waals surface area contributed by atoms with Gasteiger partial charge < -0.3 is 15.2 Å². The zero-order chi connectivity index (χ0) is 13.5. The summed E-state index contributed by atoms with van der Waals surface area (Å²) in [5, 5.41) is 13.2. The van der Waals surface area contributed by atoms with Crippen molar-refractivity contribution in [1.82, 2.24) is 5.32 Å². The summed E-state index contributed by atoms with van der Waals surface area (Å²) in [6.07, 6.45) is 7.09. The summed E-state index contributed by atoms with van der Waals surface area (Å²) < 4.78 is 5.72. The van der Waals surface area contributed by atoms with E-state index >= 15 is 0 Å². The highest BCUT2D eigenvalue weighted by Crippen LogP contribution is 2.59. The van der Waals surface area contributed by atoms with Gasteiger partial charge in [0.15, 0.2) is 0 Å². The monoisotopic (exact) mass is 265 g/mol. The molecule has 0 aromatic heterocycles. The van der Waals surface area contributed by atoms with Crippen molar-refractivity contribution >= 4 is 0 Å². The lowest BCUT2D eigenvalue weighted by Crippen LogP contribution is -2.48. The highest BCUT2D eigenvalue weighted by molar-refractivity contribution is 5.23. The lowest BCUT2D eigenvalue weighted by Gasteiger charge is -2.56. The van der Waals surface area contributed by atoms with E-state index in [0.29, 0.717) is 37.1 Å². The van der Waals surface area contributed by atoms with Crippen LogP contribution in [0.4, 0.5) is 0 Å². The number of ether oxygens (including phenoxy) is 1. The Bertz CT molecular complexity index is 360. The van der Waals surface area contributed by atoms with E-state index in [-0.39, 0.29) is 6.10 Å². The van der Waals surface area contributed by atoms with Gasteiger partial charge in [0, 0.05) is 12.6 Å². The average Bonchev–Trinajstić information content (AvgIpc) is 3.20. The summed E-state index contributed by atoms with van der Waals surface area (Å²) in [7, 11) is 0. The second kappa shape index (κ2) is 5.19. The van der Waals surface area contributed by atoms with Gasteiger partial charge >= 0.3 is 0 Å². The summed E-state index contributed by atoms with van der Waals surface area (Å²) in [6, 6.07) is 0.656. The molecule has 2 bridgehead atoms. The first-order chi connectivity index (χ1) is 9.07. The Hall–Kier alpha value is -0.380. The fourth-order valence-corrected chi connectivity index (χ4v) is 3.60. The number of allylic oxidation sites excluding steroid dienone is 1. The number of rotatable bonds is 7. The van der Waals surface area contributed by atoms with Gasteiger partial charge in [-0.25, -0.2) is 0 Å². The van der Waals surface area contributed by atoms with Crippen molar-refractivity contribution in [2.45, 2.75) is 51.7 Å². The van der Waals surface area contributed by atoms with Crippen LogP contribution in [0.25, 0.3) is 0 Å². The topological polar surface area (TPSA) is 41.5 Å². The van der Waals surface area contributed by atoms with Crippen LogP contribution in [0, 0.1) is 17.3 Å². The summed E-state index contributed by atoms with van der Waals surface area (Å²) in [6.45, 7) is 6.59. The van der Waals surface area contributed by atoms with Crippen LogP contribution in [0.5, 0.6) is 0 Å². The summed E-state index contributed by atoms with van der Waals surface area (Å²) >= 11 is 0. The summed E-state index contributed by atoms with van der Waals surface area (Å²) in [4.78, 5) is 0. The van der Waals surface area contributed by atoms with Crippen LogP contribution in [-0.2, 0) is 4.74 Å². The fourth-order valence-electron chi connectivity index (χ4n) is 3.60. The third-order valence-corrected chi connectivity index (χ3v) is 5.38. The Kier molecular flexibility index (Phi) is 3.71. The largest absolute Gasteiger partial charge is 0.389 e. The summed E-state index contributed by atoms with van der Waals surface area (Å²) in [5.41, 5.74) is 1.94. The molecule has 4 rings (SSSR count). The first-order valence-electron chi connectivity index (χ1n) is 7.75. The second-order valence-corrected chi connectivity index (χ2v) is 7.17. The predicted molar refractivity (Wildman–Crippen MR) is 75.9 cm³/mol. The van der Waals surface area contributed by atoms with E-state index in [4.69, 9.17) is 4.74 Å². The van der Waals surface area contributed by atoms with Crippen LogP contribution in [-0.4, -0.2) is 37.0 Å². The second-order valence-electron chi connectivity index (χ2n) is 7.17. The molecule has 3 atom stereocenters. The van der Waals surface area contributed by atoms with E-state index in [1.165, 1.54) is 31.3 Å². The van der Waals surface area contributed by atoms with Gasteiger partial charge in [0.25, 0.3) is 0 Å². The first-order valence-corrected chi connectivity index (χ1v) is 7.75. The lowest BCUT2D eigenvalue weighted by molar-refractivity contribution is -0.0235. The third-order valence-electron chi connectivity index (χ3n) is 5.38. The standard InChI is InChI=1S/C16H27NO2/c1-16(2)12-4-3-11(15(16)7-12)9-19-10-14(18)8-17-13-5-6-13/h3,12-15,17-18H,4-10H2,1-2H3/t12-,14-,15-/m0/s1. The quantitative estimate of drug-likeness (QED) is 0.693. The van der Waals surface area contributed by atoms with E-state index in [0.717, 1.165) is 5.92 Å². The fraction of sp³-hybridized carbons (Fsp3) is 0.875. The Morgan fingerprint density at radius 1 is 1.47 bits per heavy atom. The van der Waals surface area contributed by atoms with Crippen LogP contribution in [0.2, 0.25) is 0 Å². The number of nitrogens with one attached hydrogen (secondary N) is 1. The molecule has 0 heterocycles.